The van der Waals surface area contributed by atoms with Crippen molar-refractivity contribution in [3.8, 4) is 0 Å². The maximum atomic E-state index is 5.83. The quantitative estimate of drug-likeness (QED) is 0.850. The second-order valence-electron chi connectivity index (χ2n) is 6.55. The molecule has 19 heavy (non-hydrogen) atoms. The van der Waals surface area contributed by atoms with E-state index in [1.165, 1.54) is 17.7 Å². The van der Waals surface area contributed by atoms with Crippen LogP contribution in [-0.4, -0.2) is 18.8 Å². The molecule has 1 N–H and O–H groups in total. The first-order valence-electron chi connectivity index (χ1n) is 7.54. The van der Waals surface area contributed by atoms with E-state index in [0.717, 1.165) is 18.9 Å². The standard InChI is InChI=1S/C16H25NOS/c1-4-18-14-10-13(16(14,2)3)17-15(11-7-8-11)12-6-5-9-19-12/h5-6,9,11,13-15,17H,4,7-8,10H2,1-3H3. The van der Waals surface area contributed by atoms with E-state index >= 15 is 0 Å². The van der Waals surface area contributed by atoms with Gasteiger partial charge >= 0.3 is 0 Å². The fourth-order valence-electron chi connectivity index (χ4n) is 3.22. The van der Waals surface area contributed by atoms with E-state index in [1.807, 2.05) is 11.3 Å². The summed E-state index contributed by atoms with van der Waals surface area (Å²) >= 11 is 1.89. The van der Waals surface area contributed by atoms with Crippen molar-refractivity contribution in [1.82, 2.24) is 5.32 Å². The van der Waals surface area contributed by atoms with Crippen LogP contribution in [0.25, 0.3) is 0 Å². The van der Waals surface area contributed by atoms with E-state index in [4.69, 9.17) is 4.74 Å². The third-order valence-corrected chi connectivity index (χ3v) is 5.82. The van der Waals surface area contributed by atoms with Crippen LogP contribution in [-0.2, 0) is 4.74 Å². The number of ether oxygens (including phenoxy) is 1. The molecule has 1 aromatic heterocycles. The third-order valence-electron chi connectivity index (χ3n) is 4.87. The SMILES string of the molecule is CCOC1CC(NC(c2cccs2)C2CC2)C1(C)C. The van der Waals surface area contributed by atoms with E-state index in [1.54, 1.807) is 0 Å². The molecule has 0 aliphatic heterocycles. The van der Waals surface area contributed by atoms with Gasteiger partial charge in [-0.1, -0.05) is 19.9 Å². The van der Waals surface area contributed by atoms with Gasteiger partial charge in [-0.3, -0.25) is 0 Å². The number of hydrogen-bond donors (Lipinski definition) is 1. The molecule has 0 bridgehead atoms. The Balaban J connectivity index is 1.64. The largest absolute Gasteiger partial charge is 0.378 e. The molecule has 2 fully saturated rings. The summed E-state index contributed by atoms with van der Waals surface area (Å²) in [6.45, 7) is 7.60. The Morgan fingerprint density at radius 2 is 2.26 bits per heavy atom. The van der Waals surface area contributed by atoms with Crippen LogP contribution in [0.1, 0.15) is 51.0 Å². The zero-order valence-corrected chi connectivity index (χ0v) is 13.0. The van der Waals surface area contributed by atoms with Crippen molar-refractivity contribution in [3.05, 3.63) is 22.4 Å². The lowest BCUT2D eigenvalue weighted by atomic mass is 9.64. The highest BCUT2D eigenvalue weighted by atomic mass is 32.1. The lowest BCUT2D eigenvalue weighted by Crippen LogP contribution is -2.61. The minimum absolute atomic E-state index is 0.264. The number of hydrogen-bond acceptors (Lipinski definition) is 3. The van der Waals surface area contributed by atoms with Crippen molar-refractivity contribution < 1.29 is 4.74 Å². The Labute approximate surface area is 120 Å². The summed E-state index contributed by atoms with van der Waals surface area (Å²) in [5.74, 6) is 0.862. The average Bonchev–Trinajstić information content (AvgIpc) is 3.07. The van der Waals surface area contributed by atoms with Gasteiger partial charge in [0, 0.05) is 29.0 Å². The summed E-state index contributed by atoms with van der Waals surface area (Å²) < 4.78 is 5.83. The Kier molecular flexibility index (Phi) is 3.71. The molecule has 0 aromatic carbocycles. The van der Waals surface area contributed by atoms with Gasteiger partial charge in [-0.05, 0) is 43.6 Å². The molecule has 0 spiro atoms. The summed E-state index contributed by atoms with van der Waals surface area (Å²) in [6, 6.07) is 5.63. The Bertz CT molecular complexity index is 410. The molecule has 2 aliphatic carbocycles. The lowest BCUT2D eigenvalue weighted by molar-refractivity contribution is -0.117. The van der Waals surface area contributed by atoms with Crippen molar-refractivity contribution in [1.29, 1.82) is 0 Å². The minimum Gasteiger partial charge on any atom is -0.378 e. The zero-order chi connectivity index (χ0) is 13.5. The number of nitrogens with one attached hydrogen (secondary N) is 1. The van der Waals surface area contributed by atoms with E-state index < -0.39 is 0 Å². The second-order valence-corrected chi connectivity index (χ2v) is 7.53. The first-order valence-corrected chi connectivity index (χ1v) is 8.42. The topological polar surface area (TPSA) is 21.3 Å². The second kappa shape index (κ2) is 5.19. The van der Waals surface area contributed by atoms with Gasteiger partial charge in [0.1, 0.15) is 0 Å². The van der Waals surface area contributed by atoms with E-state index in [-0.39, 0.29) is 5.41 Å². The maximum Gasteiger partial charge on any atom is 0.0655 e. The summed E-state index contributed by atoms with van der Waals surface area (Å²) in [5, 5.41) is 6.12. The highest BCUT2D eigenvalue weighted by Gasteiger charge is 2.50. The Hall–Kier alpha value is -0.380. The van der Waals surface area contributed by atoms with Crippen LogP contribution < -0.4 is 5.32 Å². The minimum atomic E-state index is 0.264. The van der Waals surface area contributed by atoms with E-state index in [2.05, 4.69) is 43.6 Å². The number of rotatable bonds is 6. The van der Waals surface area contributed by atoms with Crippen LogP contribution in [0.4, 0.5) is 0 Å². The van der Waals surface area contributed by atoms with E-state index in [0.29, 0.717) is 18.2 Å². The molecule has 3 heteroatoms. The Morgan fingerprint density at radius 1 is 1.47 bits per heavy atom. The molecule has 2 aliphatic rings. The molecule has 0 amide bonds. The van der Waals surface area contributed by atoms with Crippen molar-refractivity contribution in [2.75, 3.05) is 6.61 Å². The highest BCUT2D eigenvalue weighted by Crippen LogP contribution is 2.48. The molecule has 0 saturated heterocycles. The first-order chi connectivity index (χ1) is 9.13. The fraction of sp³-hybridized carbons (Fsp3) is 0.750. The third kappa shape index (κ3) is 2.61. The molecule has 0 radical (unpaired) electrons. The predicted molar refractivity (Wildman–Crippen MR) is 80.5 cm³/mol. The van der Waals surface area contributed by atoms with Gasteiger partial charge in [0.05, 0.1) is 6.10 Å². The molecule has 1 aromatic rings. The summed E-state index contributed by atoms with van der Waals surface area (Å²) in [4.78, 5) is 1.51. The molecule has 3 rings (SSSR count). The average molecular weight is 279 g/mol. The number of thiophene rings is 1. The maximum absolute atomic E-state index is 5.83. The van der Waals surface area contributed by atoms with Crippen LogP contribution >= 0.6 is 11.3 Å². The van der Waals surface area contributed by atoms with Crippen molar-refractivity contribution in [2.45, 2.75) is 58.2 Å². The molecule has 2 nitrogen and oxygen atoms in total. The normalized spacial score (nSPS) is 30.9. The predicted octanol–water partition coefficient (Wildman–Crippen LogP) is 3.99. The van der Waals surface area contributed by atoms with Crippen LogP contribution in [0.5, 0.6) is 0 Å². The molecule has 1 heterocycles. The van der Waals surface area contributed by atoms with E-state index in [9.17, 15) is 0 Å². The van der Waals surface area contributed by atoms with Gasteiger partial charge in [-0.25, -0.2) is 0 Å². The van der Waals surface area contributed by atoms with Crippen molar-refractivity contribution >= 4 is 11.3 Å². The van der Waals surface area contributed by atoms with Crippen molar-refractivity contribution in [2.24, 2.45) is 11.3 Å². The summed E-state index contributed by atoms with van der Waals surface area (Å²) in [5.41, 5.74) is 0.264. The lowest BCUT2D eigenvalue weighted by Gasteiger charge is -2.53. The van der Waals surface area contributed by atoms with Gasteiger partial charge in [0.25, 0.3) is 0 Å². The molecule has 3 atom stereocenters. The first kappa shape index (κ1) is 13.6. The van der Waals surface area contributed by atoms with Crippen LogP contribution in [0.2, 0.25) is 0 Å². The smallest absolute Gasteiger partial charge is 0.0655 e. The van der Waals surface area contributed by atoms with Gasteiger partial charge in [-0.15, -0.1) is 11.3 Å². The monoisotopic (exact) mass is 279 g/mol. The molecule has 3 unspecified atom stereocenters. The Morgan fingerprint density at radius 3 is 2.79 bits per heavy atom. The van der Waals surface area contributed by atoms with Crippen LogP contribution in [0.15, 0.2) is 17.5 Å². The van der Waals surface area contributed by atoms with Crippen LogP contribution in [0, 0.1) is 11.3 Å². The van der Waals surface area contributed by atoms with Gasteiger partial charge < -0.3 is 10.1 Å². The van der Waals surface area contributed by atoms with Gasteiger partial charge in [0.2, 0.25) is 0 Å². The summed E-state index contributed by atoms with van der Waals surface area (Å²) in [6.07, 6.45) is 4.36. The highest BCUT2D eigenvalue weighted by molar-refractivity contribution is 7.10. The fourth-order valence-corrected chi connectivity index (χ4v) is 4.10. The zero-order valence-electron chi connectivity index (χ0n) is 12.2. The van der Waals surface area contributed by atoms with Gasteiger partial charge in [-0.2, -0.15) is 0 Å². The molecule has 106 valence electrons. The molecule has 2 saturated carbocycles. The van der Waals surface area contributed by atoms with Gasteiger partial charge in [0.15, 0.2) is 0 Å². The summed E-state index contributed by atoms with van der Waals surface area (Å²) in [7, 11) is 0. The molecular weight excluding hydrogens is 254 g/mol. The van der Waals surface area contributed by atoms with Crippen LogP contribution in [0.3, 0.4) is 0 Å². The van der Waals surface area contributed by atoms with Crippen molar-refractivity contribution in [3.63, 3.8) is 0 Å². The molecular formula is C16H25NOS.